The van der Waals surface area contributed by atoms with Crippen molar-refractivity contribution < 1.29 is 9.90 Å². The third-order valence-electron chi connectivity index (χ3n) is 3.06. The van der Waals surface area contributed by atoms with Gasteiger partial charge in [0.2, 0.25) is 0 Å². The molecule has 1 unspecified atom stereocenters. The van der Waals surface area contributed by atoms with E-state index >= 15 is 0 Å². The molecule has 0 aliphatic carbocycles. The zero-order valence-corrected chi connectivity index (χ0v) is 10.6. The molecule has 0 bridgehead atoms. The fourth-order valence-corrected chi connectivity index (χ4v) is 1.72. The average molecular weight is 246 g/mol. The highest BCUT2D eigenvalue weighted by Crippen LogP contribution is 2.14. The van der Waals surface area contributed by atoms with Gasteiger partial charge in [0.25, 0.3) is 5.91 Å². The molecule has 1 heterocycles. The van der Waals surface area contributed by atoms with Crippen LogP contribution < -0.4 is 5.32 Å². The first-order chi connectivity index (χ1) is 8.58. The highest BCUT2D eigenvalue weighted by molar-refractivity contribution is 5.97. The van der Waals surface area contributed by atoms with Gasteiger partial charge < -0.3 is 15.4 Å². The van der Waals surface area contributed by atoms with Crippen molar-refractivity contribution in [1.82, 2.24) is 10.3 Å². The predicted octanol–water partition coefficient (Wildman–Crippen LogP) is 1.91. The van der Waals surface area contributed by atoms with E-state index in [1.165, 1.54) is 0 Å². The number of rotatable bonds is 4. The van der Waals surface area contributed by atoms with Crippen molar-refractivity contribution in [1.29, 1.82) is 0 Å². The second-order valence-electron chi connectivity index (χ2n) is 4.80. The molecule has 3 N–H and O–H groups in total. The first-order valence-electron chi connectivity index (χ1n) is 6.11. The summed E-state index contributed by atoms with van der Waals surface area (Å²) in [6.45, 7) is 4.11. The van der Waals surface area contributed by atoms with E-state index in [9.17, 15) is 9.90 Å². The Hall–Kier alpha value is -1.81. The van der Waals surface area contributed by atoms with E-state index in [0.29, 0.717) is 5.56 Å². The highest BCUT2D eigenvalue weighted by atomic mass is 16.3. The molecule has 1 amide bonds. The van der Waals surface area contributed by atoms with Gasteiger partial charge in [-0.1, -0.05) is 19.9 Å². The van der Waals surface area contributed by atoms with Gasteiger partial charge in [-0.15, -0.1) is 0 Å². The lowest BCUT2D eigenvalue weighted by molar-refractivity contribution is 0.0871. The number of amides is 1. The van der Waals surface area contributed by atoms with Gasteiger partial charge in [0.05, 0.1) is 6.10 Å². The number of benzene rings is 1. The minimum atomic E-state index is -0.511. The molecule has 4 nitrogen and oxygen atoms in total. The van der Waals surface area contributed by atoms with Crippen molar-refractivity contribution >= 4 is 16.8 Å². The number of hydrogen-bond acceptors (Lipinski definition) is 2. The summed E-state index contributed by atoms with van der Waals surface area (Å²) >= 11 is 0. The van der Waals surface area contributed by atoms with Crippen molar-refractivity contribution in [2.45, 2.75) is 20.0 Å². The number of carbonyl (C=O) groups is 1. The number of nitrogens with one attached hydrogen (secondary N) is 2. The van der Waals surface area contributed by atoms with E-state index in [1.807, 2.05) is 38.2 Å². The molecule has 1 atom stereocenters. The van der Waals surface area contributed by atoms with Crippen LogP contribution in [0.25, 0.3) is 10.9 Å². The first kappa shape index (κ1) is 12.6. The molecule has 96 valence electrons. The Balaban J connectivity index is 2.04. The molecule has 0 saturated heterocycles. The van der Waals surface area contributed by atoms with Crippen molar-refractivity contribution in [3.8, 4) is 0 Å². The Morgan fingerprint density at radius 1 is 1.39 bits per heavy atom. The average Bonchev–Trinajstić information content (AvgIpc) is 2.82. The monoisotopic (exact) mass is 246 g/mol. The third-order valence-corrected chi connectivity index (χ3v) is 3.06. The fourth-order valence-electron chi connectivity index (χ4n) is 1.72. The molecule has 18 heavy (non-hydrogen) atoms. The number of aliphatic hydroxyl groups excluding tert-OH is 1. The summed E-state index contributed by atoms with van der Waals surface area (Å²) in [5.74, 6) is -0.0256. The SMILES string of the molecule is CC(C)C(O)CNC(=O)c1ccc2cc[nH]c2c1. The van der Waals surface area contributed by atoms with Crippen LogP contribution in [0.3, 0.4) is 0 Å². The van der Waals surface area contributed by atoms with E-state index in [4.69, 9.17) is 0 Å². The van der Waals surface area contributed by atoms with E-state index in [2.05, 4.69) is 10.3 Å². The number of carbonyl (C=O) groups excluding carboxylic acids is 1. The van der Waals surface area contributed by atoms with E-state index in [1.54, 1.807) is 6.07 Å². The maximum Gasteiger partial charge on any atom is 0.251 e. The zero-order valence-electron chi connectivity index (χ0n) is 10.6. The van der Waals surface area contributed by atoms with Gasteiger partial charge in [0.1, 0.15) is 0 Å². The predicted molar refractivity (Wildman–Crippen MR) is 71.5 cm³/mol. The second kappa shape index (κ2) is 5.23. The van der Waals surface area contributed by atoms with Crippen LogP contribution in [0.1, 0.15) is 24.2 Å². The number of H-pyrrole nitrogens is 1. The maximum absolute atomic E-state index is 11.9. The van der Waals surface area contributed by atoms with Crippen LogP contribution in [-0.4, -0.2) is 28.6 Å². The summed E-state index contributed by atoms with van der Waals surface area (Å²) in [7, 11) is 0. The Bertz CT molecular complexity index is 545. The number of fused-ring (bicyclic) bond motifs is 1. The summed E-state index contributed by atoms with van der Waals surface area (Å²) in [5, 5.41) is 13.5. The number of aromatic amines is 1. The van der Waals surface area contributed by atoms with Crippen LogP contribution in [0.2, 0.25) is 0 Å². The lowest BCUT2D eigenvalue weighted by atomic mass is 10.1. The standard InChI is InChI=1S/C14H18N2O2/c1-9(2)13(17)8-16-14(18)11-4-3-10-5-6-15-12(10)7-11/h3-7,9,13,15,17H,8H2,1-2H3,(H,16,18). The maximum atomic E-state index is 11.9. The molecular formula is C14H18N2O2. The van der Waals surface area contributed by atoms with Crippen molar-refractivity contribution in [3.63, 3.8) is 0 Å². The molecule has 0 radical (unpaired) electrons. The molecule has 1 aromatic carbocycles. The molecule has 2 aromatic rings. The Morgan fingerprint density at radius 3 is 2.89 bits per heavy atom. The quantitative estimate of drug-likeness (QED) is 0.771. The van der Waals surface area contributed by atoms with Crippen LogP contribution in [-0.2, 0) is 0 Å². The highest BCUT2D eigenvalue weighted by Gasteiger charge is 2.12. The number of aromatic nitrogens is 1. The smallest absolute Gasteiger partial charge is 0.251 e. The Labute approximate surface area is 106 Å². The van der Waals surface area contributed by atoms with Gasteiger partial charge in [0, 0.05) is 23.8 Å². The molecular weight excluding hydrogens is 228 g/mol. The number of hydrogen-bond donors (Lipinski definition) is 3. The van der Waals surface area contributed by atoms with E-state index < -0.39 is 6.10 Å². The van der Waals surface area contributed by atoms with Gasteiger partial charge >= 0.3 is 0 Å². The third kappa shape index (κ3) is 2.71. The van der Waals surface area contributed by atoms with Gasteiger partial charge in [-0.05, 0) is 29.5 Å². The lowest BCUT2D eigenvalue weighted by Crippen LogP contribution is -2.34. The summed E-state index contributed by atoms with van der Waals surface area (Å²) in [6, 6.07) is 7.46. The van der Waals surface area contributed by atoms with E-state index in [0.717, 1.165) is 10.9 Å². The van der Waals surface area contributed by atoms with Crippen molar-refractivity contribution in [2.24, 2.45) is 5.92 Å². The van der Waals surface area contributed by atoms with Gasteiger partial charge in [-0.2, -0.15) is 0 Å². The molecule has 0 spiro atoms. The summed E-state index contributed by atoms with van der Waals surface area (Å²) < 4.78 is 0. The molecule has 0 aliphatic rings. The molecule has 0 aliphatic heterocycles. The van der Waals surface area contributed by atoms with Crippen molar-refractivity contribution in [2.75, 3.05) is 6.54 Å². The van der Waals surface area contributed by atoms with Gasteiger partial charge in [-0.25, -0.2) is 0 Å². The van der Waals surface area contributed by atoms with Crippen LogP contribution in [0.5, 0.6) is 0 Å². The van der Waals surface area contributed by atoms with E-state index in [-0.39, 0.29) is 18.4 Å². The summed E-state index contributed by atoms with van der Waals surface area (Å²) in [4.78, 5) is 15.0. The summed E-state index contributed by atoms with van der Waals surface area (Å²) in [6.07, 6.45) is 1.33. The molecule has 0 saturated carbocycles. The minimum absolute atomic E-state index is 0.135. The van der Waals surface area contributed by atoms with Gasteiger partial charge in [-0.3, -0.25) is 4.79 Å². The fraction of sp³-hybridized carbons (Fsp3) is 0.357. The summed E-state index contributed by atoms with van der Waals surface area (Å²) in [5.41, 5.74) is 1.54. The Kier molecular flexibility index (Phi) is 3.67. The topological polar surface area (TPSA) is 65.1 Å². The Morgan fingerprint density at radius 2 is 2.17 bits per heavy atom. The minimum Gasteiger partial charge on any atom is -0.391 e. The lowest BCUT2D eigenvalue weighted by Gasteiger charge is -2.15. The van der Waals surface area contributed by atoms with Gasteiger partial charge in [0.15, 0.2) is 0 Å². The second-order valence-corrected chi connectivity index (χ2v) is 4.80. The zero-order chi connectivity index (χ0) is 13.1. The first-order valence-corrected chi connectivity index (χ1v) is 6.11. The number of aliphatic hydroxyl groups is 1. The van der Waals surface area contributed by atoms with Crippen LogP contribution >= 0.6 is 0 Å². The molecule has 1 aromatic heterocycles. The largest absolute Gasteiger partial charge is 0.391 e. The van der Waals surface area contributed by atoms with Crippen LogP contribution in [0.15, 0.2) is 30.5 Å². The molecule has 2 rings (SSSR count). The normalized spacial score (nSPS) is 12.9. The van der Waals surface area contributed by atoms with Crippen molar-refractivity contribution in [3.05, 3.63) is 36.0 Å². The molecule has 4 heteroatoms. The molecule has 0 fully saturated rings. The van der Waals surface area contributed by atoms with Crippen LogP contribution in [0.4, 0.5) is 0 Å². The van der Waals surface area contributed by atoms with Crippen LogP contribution in [0, 0.1) is 5.92 Å².